The van der Waals surface area contributed by atoms with Crippen molar-refractivity contribution in [2.45, 2.75) is 32.2 Å². The smallest absolute Gasteiger partial charge is 0.161 e. The molecule has 6 nitrogen and oxygen atoms in total. The molecular formula is C18H19ClN6. The van der Waals surface area contributed by atoms with Crippen LogP contribution in [0, 0.1) is 0 Å². The first kappa shape index (κ1) is 16.0. The Kier molecular flexibility index (Phi) is 4.36. The lowest BCUT2D eigenvalue weighted by Gasteiger charge is -2.20. The average molecular weight is 355 g/mol. The summed E-state index contributed by atoms with van der Waals surface area (Å²) in [5.74, 6) is 2.47. The summed E-state index contributed by atoms with van der Waals surface area (Å²) >= 11 is 6.13. The van der Waals surface area contributed by atoms with Crippen LogP contribution in [-0.4, -0.2) is 24.7 Å². The Morgan fingerprint density at radius 3 is 2.88 bits per heavy atom. The zero-order chi connectivity index (χ0) is 17.2. The van der Waals surface area contributed by atoms with E-state index < -0.39 is 0 Å². The van der Waals surface area contributed by atoms with Crippen molar-refractivity contribution in [2.24, 2.45) is 7.05 Å². The highest BCUT2D eigenvalue weighted by molar-refractivity contribution is 6.30. The van der Waals surface area contributed by atoms with E-state index in [1.807, 2.05) is 31.3 Å². The van der Waals surface area contributed by atoms with E-state index in [9.17, 15) is 0 Å². The maximum Gasteiger partial charge on any atom is 0.161 e. The van der Waals surface area contributed by atoms with Gasteiger partial charge in [-0.1, -0.05) is 23.7 Å². The van der Waals surface area contributed by atoms with Crippen LogP contribution in [-0.2, 0) is 26.4 Å². The lowest BCUT2D eigenvalue weighted by Crippen LogP contribution is -2.15. The fraction of sp³-hybridized carbons (Fsp3) is 0.333. The van der Waals surface area contributed by atoms with E-state index >= 15 is 0 Å². The maximum atomic E-state index is 6.13. The third kappa shape index (κ3) is 3.35. The Labute approximate surface area is 151 Å². The molecule has 7 heteroatoms. The molecule has 0 unspecified atom stereocenters. The number of benzene rings is 1. The molecule has 0 bridgehead atoms. The summed E-state index contributed by atoms with van der Waals surface area (Å²) < 4.78 is 1.76. The van der Waals surface area contributed by atoms with Crippen LogP contribution in [0.3, 0.4) is 0 Å². The van der Waals surface area contributed by atoms with E-state index in [0.717, 1.165) is 35.7 Å². The van der Waals surface area contributed by atoms with Crippen LogP contribution in [0.1, 0.15) is 29.9 Å². The summed E-state index contributed by atoms with van der Waals surface area (Å²) in [6.07, 6.45) is 5.90. The van der Waals surface area contributed by atoms with Gasteiger partial charge in [0.05, 0.1) is 6.54 Å². The molecular weight excluding hydrogens is 336 g/mol. The van der Waals surface area contributed by atoms with E-state index in [0.29, 0.717) is 17.4 Å². The quantitative estimate of drug-likeness (QED) is 0.777. The van der Waals surface area contributed by atoms with Crippen molar-refractivity contribution >= 4 is 17.4 Å². The van der Waals surface area contributed by atoms with Crippen LogP contribution in [0.25, 0.3) is 11.4 Å². The minimum Gasteiger partial charge on any atom is -0.362 e. The first-order chi connectivity index (χ1) is 12.2. The van der Waals surface area contributed by atoms with Gasteiger partial charge in [-0.05, 0) is 37.8 Å². The SMILES string of the molecule is Cn1ncnc1CNc1nc(-c2cccc(Cl)c2)nc2c1CCCC2. The highest BCUT2D eigenvalue weighted by Crippen LogP contribution is 2.29. The molecule has 0 saturated heterocycles. The molecule has 0 saturated carbocycles. The summed E-state index contributed by atoms with van der Waals surface area (Å²) in [4.78, 5) is 13.9. The molecule has 1 aliphatic rings. The second-order valence-electron chi connectivity index (χ2n) is 6.19. The highest BCUT2D eigenvalue weighted by atomic mass is 35.5. The van der Waals surface area contributed by atoms with Crippen molar-refractivity contribution in [1.82, 2.24) is 24.7 Å². The predicted molar refractivity (Wildman–Crippen MR) is 97.4 cm³/mol. The van der Waals surface area contributed by atoms with Crippen LogP contribution >= 0.6 is 11.6 Å². The fourth-order valence-corrected chi connectivity index (χ4v) is 3.33. The minimum atomic E-state index is 0.578. The molecule has 0 spiro atoms. The standard InChI is InChI=1S/C18H19ClN6/c1-25-16(21-11-22-25)10-20-18-14-7-2-3-8-15(14)23-17(24-18)12-5-4-6-13(19)9-12/h4-6,9,11H,2-3,7-8,10H2,1H3,(H,20,23,24). The van der Waals surface area contributed by atoms with Crippen molar-refractivity contribution in [1.29, 1.82) is 0 Å². The Morgan fingerprint density at radius 2 is 2.08 bits per heavy atom. The van der Waals surface area contributed by atoms with E-state index in [-0.39, 0.29) is 0 Å². The molecule has 0 amide bonds. The van der Waals surface area contributed by atoms with Gasteiger partial charge in [0.15, 0.2) is 5.82 Å². The van der Waals surface area contributed by atoms with Gasteiger partial charge in [-0.25, -0.2) is 15.0 Å². The summed E-state index contributed by atoms with van der Waals surface area (Å²) in [6, 6.07) is 7.67. The number of nitrogens with one attached hydrogen (secondary N) is 1. The Bertz CT molecular complexity index is 904. The largest absolute Gasteiger partial charge is 0.362 e. The molecule has 0 fully saturated rings. The van der Waals surface area contributed by atoms with Gasteiger partial charge in [0.25, 0.3) is 0 Å². The van der Waals surface area contributed by atoms with Crippen LogP contribution in [0.2, 0.25) is 5.02 Å². The molecule has 1 aromatic carbocycles. The number of fused-ring (bicyclic) bond motifs is 1. The van der Waals surface area contributed by atoms with Gasteiger partial charge in [-0.3, -0.25) is 4.68 Å². The second kappa shape index (κ2) is 6.80. The lowest BCUT2D eigenvalue weighted by molar-refractivity contribution is 0.662. The van der Waals surface area contributed by atoms with E-state index in [2.05, 4.69) is 15.4 Å². The fourth-order valence-electron chi connectivity index (χ4n) is 3.14. The summed E-state index contributed by atoms with van der Waals surface area (Å²) in [5, 5.41) is 8.23. The summed E-state index contributed by atoms with van der Waals surface area (Å²) in [5.41, 5.74) is 3.29. The molecule has 4 rings (SSSR count). The molecule has 0 radical (unpaired) electrons. The Balaban J connectivity index is 1.71. The van der Waals surface area contributed by atoms with Gasteiger partial charge in [0, 0.05) is 28.9 Å². The van der Waals surface area contributed by atoms with Gasteiger partial charge in [0.1, 0.15) is 18.0 Å². The third-order valence-electron chi connectivity index (χ3n) is 4.49. The van der Waals surface area contributed by atoms with Crippen molar-refractivity contribution in [3.8, 4) is 11.4 Å². The molecule has 1 aliphatic carbocycles. The topological polar surface area (TPSA) is 68.5 Å². The molecule has 3 aromatic rings. The first-order valence-corrected chi connectivity index (χ1v) is 8.81. The lowest BCUT2D eigenvalue weighted by atomic mass is 9.96. The Morgan fingerprint density at radius 1 is 1.20 bits per heavy atom. The van der Waals surface area contributed by atoms with Crippen molar-refractivity contribution in [3.05, 3.63) is 52.7 Å². The predicted octanol–water partition coefficient (Wildman–Crippen LogP) is 3.42. The van der Waals surface area contributed by atoms with Gasteiger partial charge < -0.3 is 5.32 Å². The van der Waals surface area contributed by atoms with Crippen LogP contribution in [0.15, 0.2) is 30.6 Å². The molecule has 128 valence electrons. The molecule has 2 aromatic heterocycles. The number of aromatic nitrogens is 5. The Hall–Kier alpha value is -2.47. The van der Waals surface area contributed by atoms with Crippen molar-refractivity contribution in [2.75, 3.05) is 5.32 Å². The normalized spacial score (nSPS) is 13.5. The van der Waals surface area contributed by atoms with Gasteiger partial charge in [-0.15, -0.1) is 0 Å². The van der Waals surface area contributed by atoms with Gasteiger partial charge >= 0.3 is 0 Å². The number of anilines is 1. The van der Waals surface area contributed by atoms with E-state index in [4.69, 9.17) is 21.6 Å². The average Bonchev–Trinajstić information content (AvgIpc) is 3.04. The molecule has 0 aliphatic heterocycles. The first-order valence-electron chi connectivity index (χ1n) is 8.43. The van der Waals surface area contributed by atoms with Gasteiger partial charge in [0.2, 0.25) is 0 Å². The number of nitrogens with zero attached hydrogens (tertiary/aromatic N) is 5. The highest BCUT2D eigenvalue weighted by Gasteiger charge is 2.19. The molecule has 0 atom stereocenters. The number of rotatable bonds is 4. The minimum absolute atomic E-state index is 0.578. The zero-order valence-corrected chi connectivity index (χ0v) is 14.8. The number of aryl methyl sites for hydroxylation is 2. The van der Waals surface area contributed by atoms with Crippen LogP contribution in [0.5, 0.6) is 0 Å². The van der Waals surface area contributed by atoms with Crippen molar-refractivity contribution in [3.63, 3.8) is 0 Å². The molecule has 1 N–H and O–H groups in total. The monoisotopic (exact) mass is 354 g/mol. The number of hydrogen-bond donors (Lipinski definition) is 1. The van der Waals surface area contributed by atoms with Crippen LogP contribution < -0.4 is 5.32 Å². The third-order valence-corrected chi connectivity index (χ3v) is 4.72. The number of halogens is 1. The molecule has 25 heavy (non-hydrogen) atoms. The van der Waals surface area contributed by atoms with E-state index in [1.165, 1.54) is 18.4 Å². The van der Waals surface area contributed by atoms with E-state index in [1.54, 1.807) is 11.0 Å². The zero-order valence-electron chi connectivity index (χ0n) is 14.0. The molecule has 2 heterocycles. The maximum absolute atomic E-state index is 6.13. The van der Waals surface area contributed by atoms with Crippen molar-refractivity contribution < 1.29 is 0 Å². The van der Waals surface area contributed by atoms with Gasteiger partial charge in [-0.2, -0.15) is 5.10 Å². The second-order valence-corrected chi connectivity index (χ2v) is 6.63. The summed E-state index contributed by atoms with van der Waals surface area (Å²) in [6.45, 7) is 0.578. The number of hydrogen-bond acceptors (Lipinski definition) is 5. The summed E-state index contributed by atoms with van der Waals surface area (Å²) in [7, 11) is 1.89. The van der Waals surface area contributed by atoms with Crippen LogP contribution in [0.4, 0.5) is 5.82 Å².